The zero-order chi connectivity index (χ0) is 13.7. The lowest BCUT2D eigenvalue weighted by molar-refractivity contribution is 0.318. The zero-order valence-electron chi connectivity index (χ0n) is 10.6. The lowest BCUT2D eigenvalue weighted by Gasteiger charge is -2.06. The van der Waals surface area contributed by atoms with E-state index in [4.69, 9.17) is 10.9 Å². The van der Waals surface area contributed by atoms with Crippen molar-refractivity contribution in [1.29, 1.82) is 0 Å². The van der Waals surface area contributed by atoms with Gasteiger partial charge in [0.15, 0.2) is 5.84 Å². The number of aryl methyl sites for hydroxylation is 1. The van der Waals surface area contributed by atoms with Crippen LogP contribution in [0.25, 0.3) is 0 Å². The molecule has 2 heterocycles. The maximum Gasteiger partial charge on any atom is 0.188 e. The Morgan fingerprint density at radius 3 is 3.00 bits per heavy atom. The Bertz CT molecular complexity index is 580. The van der Waals surface area contributed by atoms with Crippen LogP contribution in [0.3, 0.4) is 0 Å². The van der Waals surface area contributed by atoms with Crippen molar-refractivity contribution in [1.82, 2.24) is 10.3 Å². The molecule has 0 aliphatic carbocycles. The summed E-state index contributed by atoms with van der Waals surface area (Å²) in [5.41, 5.74) is 9.66. The van der Waals surface area contributed by atoms with Gasteiger partial charge in [0, 0.05) is 19.3 Å². The molecule has 2 aromatic heterocycles. The molecule has 0 aromatic carbocycles. The number of hydrogen-bond donors (Lipinski definition) is 3. The molecule has 0 spiro atoms. The Kier molecular flexibility index (Phi) is 4.48. The summed E-state index contributed by atoms with van der Waals surface area (Å²) < 4.78 is 0. The Hall–Kier alpha value is -1.92. The van der Waals surface area contributed by atoms with E-state index in [1.807, 2.05) is 12.1 Å². The van der Waals surface area contributed by atoms with Crippen LogP contribution in [0.4, 0.5) is 0 Å². The standard InChI is InChI=1S/C13H16N4OS/c1-9-7-19-8-11(9)6-15-5-10-2-3-16-12(4-10)13(14)17-18/h2-4,7-8,15,18H,5-6H2,1H3,(H2,14,17). The minimum absolute atomic E-state index is 0.0236. The lowest BCUT2D eigenvalue weighted by atomic mass is 10.2. The number of thiophene rings is 1. The fraction of sp³-hybridized carbons (Fsp3) is 0.231. The highest BCUT2D eigenvalue weighted by molar-refractivity contribution is 7.08. The molecule has 0 saturated carbocycles. The van der Waals surface area contributed by atoms with Crippen molar-refractivity contribution in [2.24, 2.45) is 10.9 Å². The molecule has 4 N–H and O–H groups in total. The molecule has 0 fully saturated rings. The minimum Gasteiger partial charge on any atom is -0.409 e. The molecule has 6 heteroatoms. The average molecular weight is 276 g/mol. The van der Waals surface area contributed by atoms with E-state index in [9.17, 15) is 0 Å². The van der Waals surface area contributed by atoms with Crippen molar-refractivity contribution in [2.75, 3.05) is 0 Å². The van der Waals surface area contributed by atoms with Crippen LogP contribution in [0.5, 0.6) is 0 Å². The van der Waals surface area contributed by atoms with Crippen molar-refractivity contribution in [3.05, 3.63) is 51.5 Å². The second-order valence-corrected chi connectivity index (χ2v) is 4.96. The molecular weight excluding hydrogens is 260 g/mol. The Morgan fingerprint density at radius 1 is 1.47 bits per heavy atom. The van der Waals surface area contributed by atoms with E-state index in [1.54, 1.807) is 17.5 Å². The minimum atomic E-state index is 0.0236. The summed E-state index contributed by atoms with van der Waals surface area (Å²) >= 11 is 1.71. The first kappa shape index (κ1) is 13.5. The largest absolute Gasteiger partial charge is 0.409 e. The van der Waals surface area contributed by atoms with Gasteiger partial charge >= 0.3 is 0 Å². The van der Waals surface area contributed by atoms with Crippen LogP contribution in [-0.4, -0.2) is 16.0 Å². The van der Waals surface area contributed by atoms with Gasteiger partial charge in [0.25, 0.3) is 0 Å². The highest BCUT2D eigenvalue weighted by Crippen LogP contribution is 2.13. The fourth-order valence-corrected chi connectivity index (χ4v) is 2.54. The van der Waals surface area contributed by atoms with Crippen LogP contribution in [-0.2, 0) is 13.1 Å². The normalized spacial score (nSPS) is 11.7. The van der Waals surface area contributed by atoms with Crippen molar-refractivity contribution in [3.8, 4) is 0 Å². The molecule has 0 amide bonds. The summed E-state index contributed by atoms with van der Waals surface area (Å²) in [6.07, 6.45) is 1.65. The van der Waals surface area contributed by atoms with Gasteiger partial charge in [0.05, 0.1) is 0 Å². The monoisotopic (exact) mass is 276 g/mol. The molecule has 100 valence electrons. The Labute approximate surface area is 115 Å². The number of hydrogen-bond acceptors (Lipinski definition) is 5. The zero-order valence-corrected chi connectivity index (χ0v) is 11.4. The number of oxime groups is 1. The first-order valence-corrected chi connectivity index (χ1v) is 6.80. The molecule has 0 radical (unpaired) electrons. The third-order valence-corrected chi connectivity index (χ3v) is 3.71. The number of amidine groups is 1. The second-order valence-electron chi connectivity index (χ2n) is 4.22. The number of nitrogens with one attached hydrogen (secondary N) is 1. The lowest BCUT2D eigenvalue weighted by Crippen LogP contribution is -2.17. The molecule has 0 unspecified atom stereocenters. The highest BCUT2D eigenvalue weighted by atomic mass is 32.1. The Morgan fingerprint density at radius 2 is 2.32 bits per heavy atom. The third kappa shape index (κ3) is 3.52. The molecule has 5 nitrogen and oxygen atoms in total. The summed E-state index contributed by atoms with van der Waals surface area (Å²) in [5, 5.41) is 19.2. The quantitative estimate of drug-likeness (QED) is 0.337. The predicted octanol–water partition coefficient (Wildman–Crippen LogP) is 1.84. The maximum absolute atomic E-state index is 8.62. The Balaban J connectivity index is 1.95. The summed E-state index contributed by atoms with van der Waals surface area (Å²) in [5.74, 6) is 0.0236. The molecule has 0 bridgehead atoms. The fourth-order valence-electron chi connectivity index (χ4n) is 1.68. The van der Waals surface area contributed by atoms with Gasteiger partial charge in [-0.1, -0.05) is 5.16 Å². The molecule has 0 aliphatic rings. The van der Waals surface area contributed by atoms with Crippen LogP contribution in [0.2, 0.25) is 0 Å². The van der Waals surface area contributed by atoms with Crippen LogP contribution in [0.1, 0.15) is 22.4 Å². The van der Waals surface area contributed by atoms with Gasteiger partial charge in [0.1, 0.15) is 5.69 Å². The first-order chi connectivity index (χ1) is 9.20. The molecule has 0 aliphatic heterocycles. The first-order valence-electron chi connectivity index (χ1n) is 5.86. The van der Waals surface area contributed by atoms with Crippen LogP contribution >= 0.6 is 11.3 Å². The van der Waals surface area contributed by atoms with Crippen molar-refractivity contribution in [2.45, 2.75) is 20.0 Å². The van der Waals surface area contributed by atoms with E-state index < -0.39 is 0 Å². The van der Waals surface area contributed by atoms with E-state index in [2.05, 4.69) is 33.1 Å². The highest BCUT2D eigenvalue weighted by Gasteiger charge is 2.03. The van der Waals surface area contributed by atoms with Crippen LogP contribution < -0.4 is 11.1 Å². The predicted molar refractivity (Wildman–Crippen MR) is 76.3 cm³/mol. The van der Waals surface area contributed by atoms with E-state index in [0.29, 0.717) is 12.2 Å². The van der Waals surface area contributed by atoms with Gasteiger partial charge in [-0.25, -0.2) is 0 Å². The van der Waals surface area contributed by atoms with Gasteiger partial charge in [-0.2, -0.15) is 11.3 Å². The number of nitrogens with two attached hydrogens (primary N) is 1. The molecule has 0 saturated heterocycles. The number of aromatic nitrogens is 1. The molecular formula is C13H16N4OS. The average Bonchev–Trinajstić information content (AvgIpc) is 2.84. The van der Waals surface area contributed by atoms with E-state index in [1.165, 1.54) is 11.1 Å². The van der Waals surface area contributed by atoms with Gasteiger partial charge in [-0.05, 0) is 46.5 Å². The van der Waals surface area contributed by atoms with E-state index in [-0.39, 0.29) is 5.84 Å². The number of pyridine rings is 1. The topological polar surface area (TPSA) is 83.5 Å². The van der Waals surface area contributed by atoms with Crippen LogP contribution in [0.15, 0.2) is 34.2 Å². The van der Waals surface area contributed by atoms with Crippen LogP contribution in [0, 0.1) is 6.92 Å². The summed E-state index contributed by atoms with van der Waals surface area (Å²) in [4.78, 5) is 4.04. The summed E-state index contributed by atoms with van der Waals surface area (Å²) in [6, 6.07) is 3.71. The molecule has 19 heavy (non-hydrogen) atoms. The van der Waals surface area contributed by atoms with Gasteiger partial charge in [0.2, 0.25) is 0 Å². The molecule has 2 aromatic rings. The molecule has 0 atom stereocenters. The SMILES string of the molecule is Cc1cscc1CNCc1ccnc(C(N)=NO)c1. The third-order valence-electron chi connectivity index (χ3n) is 2.80. The van der Waals surface area contributed by atoms with Crippen molar-refractivity contribution >= 4 is 17.2 Å². The maximum atomic E-state index is 8.62. The number of rotatable bonds is 5. The summed E-state index contributed by atoms with van der Waals surface area (Å²) in [6.45, 7) is 3.65. The van der Waals surface area contributed by atoms with E-state index in [0.717, 1.165) is 12.1 Å². The van der Waals surface area contributed by atoms with Crippen molar-refractivity contribution < 1.29 is 5.21 Å². The van der Waals surface area contributed by atoms with Gasteiger partial charge in [-0.15, -0.1) is 0 Å². The van der Waals surface area contributed by atoms with E-state index >= 15 is 0 Å². The van der Waals surface area contributed by atoms with Gasteiger partial charge in [-0.3, -0.25) is 4.98 Å². The summed E-state index contributed by atoms with van der Waals surface area (Å²) in [7, 11) is 0. The molecule has 2 rings (SSSR count). The smallest absolute Gasteiger partial charge is 0.188 e. The number of nitrogens with zero attached hydrogens (tertiary/aromatic N) is 2. The van der Waals surface area contributed by atoms with Crippen molar-refractivity contribution in [3.63, 3.8) is 0 Å². The van der Waals surface area contributed by atoms with Gasteiger partial charge < -0.3 is 16.3 Å². The second kappa shape index (κ2) is 6.31.